The lowest BCUT2D eigenvalue weighted by molar-refractivity contribution is -0.173. The fourth-order valence-corrected chi connectivity index (χ4v) is 4.58. The van der Waals surface area contributed by atoms with Crippen molar-refractivity contribution in [3.8, 4) is 0 Å². The highest BCUT2D eigenvalue weighted by Crippen LogP contribution is 2.27. The van der Waals surface area contributed by atoms with Gasteiger partial charge in [-0.15, -0.1) is 0 Å². The average molecular weight is 541 g/mol. The fourth-order valence-electron chi connectivity index (χ4n) is 4.58. The number of hydrogen-bond donors (Lipinski definition) is 0. The number of benzene rings is 2. The van der Waals surface area contributed by atoms with Gasteiger partial charge < -0.3 is 19.1 Å². The zero-order chi connectivity index (χ0) is 28.4. The molecule has 0 N–H and O–H groups in total. The zero-order valence-corrected chi connectivity index (χ0v) is 23.2. The largest absolute Gasteiger partial charge is 0.458 e. The number of likely N-dealkylation sites (N-methyl/N-ethyl adjacent to an activating group) is 1. The summed E-state index contributed by atoms with van der Waals surface area (Å²) < 4.78 is 31.2. The highest BCUT2D eigenvalue weighted by Gasteiger charge is 2.37. The lowest BCUT2D eigenvalue weighted by Crippen LogP contribution is -2.48. The highest BCUT2D eigenvalue weighted by molar-refractivity contribution is 5.90. The third-order valence-electron chi connectivity index (χ3n) is 6.85. The van der Waals surface area contributed by atoms with Crippen LogP contribution in [0.15, 0.2) is 54.6 Å². The number of ether oxygens (including phenoxy) is 3. The van der Waals surface area contributed by atoms with Crippen LogP contribution in [0.2, 0.25) is 0 Å². The molecule has 0 spiro atoms. The van der Waals surface area contributed by atoms with Crippen LogP contribution in [0, 0.1) is 6.42 Å². The van der Waals surface area contributed by atoms with Gasteiger partial charge in [-0.3, -0.25) is 4.79 Å². The minimum absolute atomic E-state index is 0.0144. The normalized spacial score (nSPS) is 15.7. The third kappa shape index (κ3) is 9.46. The van der Waals surface area contributed by atoms with Crippen molar-refractivity contribution in [3.63, 3.8) is 0 Å². The van der Waals surface area contributed by atoms with E-state index in [0.29, 0.717) is 5.92 Å². The maximum Gasteiger partial charge on any atom is 0.348 e. The standard InChI is InChI=1S/C31H39FNO6/c1-5-28(34)33(4)26(20-31(2,3)32)29(35)39-27(30(36)38-21-23-9-7-6-8-10-23)19-22-11-13-24(14-12-22)25-15-17-37-18-16-25/h5-14,25-27H,15-21H2,1-4H3/t26-,27+/m0/s1. The van der Waals surface area contributed by atoms with Crippen molar-refractivity contribution in [2.24, 2.45) is 0 Å². The number of rotatable bonds is 12. The second-order valence-electron chi connectivity index (χ2n) is 10.5. The number of nitrogens with zero attached hydrogens (tertiary/aromatic N) is 1. The van der Waals surface area contributed by atoms with Crippen LogP contribution in [0.3, 0.4) is 0 Å². The van der Waals surface area contributed by atoms with Gasteiger partial charge >= 0.3 is 11.9 Å². The molecule has 1 radical (unpaired) electrons. The predicted molar refractivity (Wildman–Crippen MR) is 145 cm³/mol. The minimum Gasteiger partial charge on any atom is -0.458 e. The molecule has 2 aromatic rings. The number of alkyl halides is 1. The van der Waals surface area contributed by atoms with Gasteiger partial charge in [-0.1, -0.05) is 61.5 Å². The topological polar surface area (TPSA) is 82.1 Å². The van der Waals surface area contributed by atoms with Gasteiger partial charge in [0.2, 0.25) is 12.0 Å². The molecule has 0 unspecified atom stereocenters. The number of amides is 1. The van der Waals surface area contributed by atoms with Gasteiger partial charge in [-0.05, 0) is 49.3 Å². The van der Waals surface area contributed by atoms with Crippen LogP contribution >= 0.6 is 0 Å². The highest BCUT2D eigenvalue weighted by atomic mass is 19.1. The molecule has 0 aromatic heterocycles. The van der Waals surface area contributed by atoms with Crippen molar-refractivity contribution < 1.29 is 33.0 Å². The number of hydrogen-bond acceptors (Lipinski definition) is 6. The smallest absolute Gasteiger partial charge is 0.348 e. The van der Waals surface area contributed by atoms with Crippen molar-refractivity contribution >= 4 is 17.8 Å². The van der Waals surface area contributed by atoms with E-state index in [9.17, 15) is 18.8 Å². The van der Waals surface area contributed by atoms with E-state index in [1.807, 2.05) is 54.6 Å². The van der Waals surface area contributed by atoms with Crippen LogP contribution in [0.25, 0.3) is 0 Å². The second-order valence-corrected chi connectivity index (χ2v) is 10.5. The predicted octanol–water partition coefficient (Wildman–Crippen LogP) is 4.97. The van der Waals surface area contributed by atoms with Gasteiger partial charge in [0, 0.05) is 39.5 Å². The summed E-state index contributed by atoms with van der Waals surface area (Å²) in [5.41, 5.74) is 1.02. The number of carbonyl (C=O) groups excluding carboxylic acids is 3. The molecule has 3 rings (SSSR count). The first kappa shape index (κ1) is 30.3. The van der Waals surface area contributed by atoms with Crippen LogP contribution < -0.4 is 0 Å². The summed E-state index contributed by atoms with van der Waals surface area (Å²) in [5.74, 6) is -1.60. The van der Waals surface area contributed by atoms with Crippen molar-refractivity contribution in [1.82, 2.24) is 4.90 Å². The SMILES string of the molecule is C[CH]C(=O)N(C)[C@@H](CC(C)(C)F)C(=O)O[C@H](Cc1ccc(C2CCOCC2)cc1)C(=O)OCc1ccccc1. The maximum absolute atomic E-state index is 14.6. The van der Waals surface area contributed by atoms with Gasteiger partial charge in [-0.25, -0.2) is 14.0 Å². The van der Waals surface area contributed by atoms with E-state index in [-0.39, 0.29) is 19.4 Å². The molecule has 1 saturated heterocycles. The fraction of sp³-hybridized carbons (Fsp3) is 0.484. The Morgan fingerprint density at radius 3 is 2.26 bits per heavy atom. The average Bonchev–Trinajstić information content (AvgIpc) is 2.94. The lowest BCUT2D eigenvalue weighted by atomic mass is 9.91. The van der Waals surface area contributed by atoms with Crippen molar-refractivity contribution in [2.45, 2.75) is 76.8 Å². The van der Waals surface area contributed by atoms with Gasteiger partial charge in [0.15, 0.2) is 0 Å². The first-order valence-electron chi connectivity index (χ1n) is 13.4. The summed E-state index contributed by atoms with van der Waals surface area (Å²) >= 11 is 0. The van der Waals surface area contributed by atoms with E-state index in [4.69, 9.17) is 14.2 Å². The zero-order valence-electron chi connectivity index (χ0n) is 23.2. The summed E-state index contributed by atoms with van der Waals surface area (Å²) in [6.45, 7) is 5.68. The third-order valence-corrected chi connectivity index (χ3v) is 6.85. The van der Waals surface area contributed by atoms with Crippen LogP contribution in [0.5, 0.6) is 0 Å². The Labute approximate surface area is 230 Å². The van der Waals surface area contributed by atoms with Crippen LogP contribution in [-0.4, -0.2) is 60.8 Å². The first-order chi connectivity index (χ1) is 18.6. The van der Waals surface area contributed by atoms with Crippen LogP contribution in [0.1, 0.15) is 62.6 Å². The molecule has 1 aliphatic heterocycles. The quantitative estimate of drug-likeness (QED) is 0.354. The van der Waals surface area contributed by atoms with E-state index in [0.717, 1.165) is 42.1 Å². The molecule has 2 aromatic carbocycles. The molecule has 0 saturated carbocycles. The first-order valence-corrected chi connectivity index (χ1v) is 13.4. The Kier molecular flexibility index (Phi) is 11.0. The van der Waals surface area contributed by atoms with Crippen LogP contribution in [-0.2, 0) is 41.6 Å². The van der Waals surface area contributed by atoms with E-state index in [1.54, 1.807) is 0 Å². The molecular formula is C31H39FNO6. The van der Waals surface area contributed by atoms with Gasteiger partial charge in [0.05, 0.1) is 0 Å². The number of esters is 2. The summed E-state index contributed by atoms with van der Waals surface area (Å²) in [7, 11) is 1.41. The number of halogens is 1. The van der Waals surface area contributed by atoms with E-state index >= 15 is 0 Å². The molecule has 0 bridgehead atoms. The summed E-state index contributed by atoms with van der Waals surface area (Å²) in [4.78, 5) is 39.9. The molecule has 1 aliphatic rings. The molecule has 1 fully saturated rings. The number of carbonyl (C=O) groups is 3. The maximum atomic E-state index is 14.6. The van der Waals surface area contributed by atoms with Crippen LogP contribution in [0.4, 0.5) is 4.39 Å². The molecule has 8 heteroatoms. The second kappa shape index (κ2) is 14.2. The summed E-state index contributed by atoms with van der Waals surface area (Å²) in [5, 5.41) is 0. The molecule has 39 heavy (non-hydrogen) atoms. The Morgan fingerprint density at radius 1 is 1.03 bits per heavy atom. The van der Waals surface area contributed by atoms with Crippen molar-refractivity contribution in [2.75, 3.05) is 20.3 Å². The molecule has 7 nitrogen and oxygen atoms in total. The Balaban J connectivity index is 1.79. The lowest BCUT2D eigenvalue weighted by Gasteiger charge is -2.30. The van der Waals surface area contributed by atoms with Crippen molar-refractivity contribution in [1.29, 1.82) is 0 Å². The summed E-state index contributed by atoms with van der Waals surface area (Å²) in [6, 6.07) is 15.8. The Bertz CT molecular complexity index is 1080. The Morgan fingerprint density at radius 2 is 1.67 bits per heavy atom. The van der Waals surface area contributed by atoms with E-state index in [2.05, 4.69) is 0 Å². The van der Waals surface area contributed by atoms with Gasteiger partial charge in [-0.2, -0.15) is 0 Å². The van der Waals surface area contributed by atoms with Gasteiger partial charge in [0.25, 0.3) is 0 Å². The molecule has 0 aliphatic carbocycles. The minimum atomic E-state index is -1.75. The van der Waals surface area contributed by atoms with Crippen molar-refractivity contribution in [3.05, 3.63) is 77.7 Å². The molecule has 1 amide bonds. The molecule has 211 valence electrons. The van der Waals surface area contributed by atoms with E-state index < -0.39 is 35.7 Å². The van der Waals surface area contributed by atoms with Gasteiger partial charge in [0.1, 0.15) is 18.3 Å². The molecular weight excluding hydrogens is 501 g/mol. The molecule has 2 atom stereocenters. The molecule has 1 heterocycles. The Hall–Kier alpha value is -3.26. The monoisotopic (exact) mass is 540 g/mol. The van der Waals surface area contributed by atoms with E-state index in [1.165, 1.54) is 39.8 Å². The summed E-state index contributed by atoms with van der Waals surface area (Å²) in [6.07, 6.45) is 1.73.